The summed E-state index contributed by atoms with van der Waals surface area (Å²) < 4.78 is 14.7. The van der Waals surface area contributed by atoms with E-state index >= 15 is 0 Å². The van der Waals surface area contributed by atoms with Crippen LogP contribution in [-0.2, 0) is 19.1 Å². The first-order valence-corrected chi connectivity index (χ1v) is 11.8. The van der Waals surface area contributed by atoms with Crippen molar-refractivity contribution >= 4 is 51.9 Å². The molecule has 1 spiro atoms. The van der Waals surface area contributed by atoms with E-state index in [1.165, 1.54) is 30.6 Å². The second-order valence-electron chi connectivity index (χ2n) is 6.97. The maximum absolute atomic E-state index is 12.7. The van der Waals surface area contributed by atoms with Crippen molar-refractivity contribution in [3.8, 4) is 5.75 Å². The number of carbonyl (C=O) groups is 2. The number of allylic oxidation sites excluding steroid dienone is 1. The summed E-state index contributed by atoms with van der Waals surface area (Å²) in [4.78, 5) is 27.8. The second kappa shape index (κ2) is 9.40. The van der Waals surface area contributed by atoms with Crippen LogP contribution in [0.15, 0.2) is 70.3 Å². The minimum atomic E-state index is -1.04. The molecule has 0 amide bonds. The van der Waals surface area contributed by atoms with E-state index in [2.05, 4.69) is 5.10 Å². The zero-order valence-electron chi connectivity index (χ0n) is 18.6. The smallest absolute Gasteiger partial charge is 0.365 e. The number of hydrogen-bond donors (Lipinski definition) is 0. The van der Waals surface area contributed by atoms with Crippen molar-refractivity contribution in [1.82, 2.24) is 0 Å². The van der Waals surface area contributed by atoms with E-state index in [4.69, 9.17) is 14.2 Å². The number of hydrazone groups is 1. The summed E-state index contributed by atoms with van der Waals surface area (Å²) in [7, 11) is 2.94. The summed E-state index contributed by atoms with van der Waals surface area (Å²) in [6.45, 7) is 3.83. The molecule has 2 aliphatic rings. The number of thioether (sulfide) groups is 2. The van der Waals surface area contributed by atoms with Gasteiger partial charge in [0.2, 0.25) is 9.37 Å². The van der Waals surface area contributed by atoms with Crippen LogP contribution in [0.25, 0.3) is 0 Å². The van der Waals surface area contributed by atoms with Crippen LogP contribution in [0.1, 0.15) is 13.8 Å². The first-order chi connectivity index (χ1) is 15.9. The lowest BCUT2D eigenvalue weighted by molar-refractivity contribution is -0.135. The second-order valence-corrected chi connectivity index (χ2v) is 9.57. The van der Waals surface area contributed by atoms with Gasteiger partial charge in [0.15, 0.2) is 0 Å². The molecule has 10 heteroatoms. The molecular weight excluding hydrogens is 462 g/mol. The molecule has 172 valence electrons. The molecule has 0 unspecified atom stereocenters. The molecule has 2 aromatic carbocycles. The van der Waals surface area contributed by atoms with Crippen LogP contribution in [0.3, 0.4) is 0 Å². The van der Waals surface area contributed by atoms with Crippen LogP contribution in [0.4, 0.5) is 11.4 Å². The summed E-state index contributed by atoms with van der Waals surface area (Å²) in [6.07, 6.45) is 0. The Bertz CT molecular complexity index is 1140. The predicted octanol–water partition coefficient (Wildman–Crippen LogP) is 4.39. The van der Waals surface area contributed by atoms with E-state index in [1.807, 2.05) is 66.4 Å². The molecule has 4 rings (SSSR count). The summed E-state index contributed by atoms with van der Waals surface area (Å²) in [6, 6.07) is 17.0. The number of hydrogen-bond acceptors (Lipinski definition) is 10. The molecule has 33 heavy (non-hydrogen) atoms. The average molecular weight is 486 g/mol. The van der Waals surface area contributed by atoms with Crippen molar-refractivity contribution in [2.24, 2.45) is 5.10 Å². The van der Waals surface area contributed by atoms with Gasteiger partial charge in [0.25, 0.3) is 0 Å². The molecule has 0 aromatic heterocycles. The van der Waals surface area contributed by atoms with Crippen molar-refractivity contribution in [2.45, 2.75) is 18.2 Å². The van der Waals surface area contributed by atoms with Crippen LogP contribution >= 0.6 is 23.5 Å². The molecule has 2 heterocycles. The zero-order chi connectivity index (χ0) is 23.6. The lowest BCUT2D eigenvalue weighted by Gasteiger charge is -2.41. The standard InChI is InChI=1S/C23H23N3O5S2/c1-5-31-22(28)20-24-26(17-12-9-13-18(14-17)29-3)23(33-20)25(16-10-7-6-8-11-16)15(2)19(32-23)21(27)30-4/h6-14H,5H2,1-4H3/t23-/m0/s1. The SMILES string of the molecule is CCOC(=O)C1=NN(c2cccc(OC)c2)[C@]2(S1)SC(C(=O)OC)=C(C)N2c1ccccc1. The maximum atomic E-state index is 12.7. The maximum Gasteiger partial charge on any atom is 0.365 e. The minimum Gasteiger partial charge on any atom is -0.497 e. The lowest BCUT2D eigenvalue weighted by atomic mass is 10.2. The highest BCUT2D eigenvalue weighted by Gasteiger charge is 2.58. The topological polar surface area (TPSA) is 80.7 Å². The molecule has 2 aliphatic heterocycles. The van der Waals surface area contributed by atoms with Gasteiger partial charge >= 0.3 is 11.9 Å². The first kappa shape index (κ1) is 23.1. The third-order valence-corrected chi connectivity index (χ3v) is 7.85. The fourth-order valence-corrected chi connectivity index (χ4v) is 6.54. The van der Waals surface area contributed by atoms with E-state index in [9.17, 15) is 9.59 Å². The molecule has 0 aliphatic carbocycles. The Morgan fingerprint density at radius 2 is 1.73 bits per heavy atom. The minimum absolute atomic E-state index is 0.187. The summed E-state index contributed by atoms with van der Waals surface area (Å²) >= 11 is 2.50. The van der Waals surface area contributed by atoms with Crippen molar-refractivity contribution in [3.63, 3.8) is 0 Å². The number of carbonyl (C=O) groups excluding carboxylic acids is 2. The van der Waals surface area contributed by atoms with Gasteiger partial charge in [-0.3, -0.25) is 0 Å². The van der Waals surface area contributed by atoms with Gasteiger partial charge in [0.05, 0.1) is 26.5 Å². The molecule has 1 atom stereocenters. The third kappa shape index (κ3) is 4.04. The Kier molecular flexibility index (Phi) is 6.57. The van der Waals surface area contributed by atoms with E-state index in [-0.39, 0.29) is 11.7 Å². The summed E-state index contributed by atoms with van der Waals surface area (Å²) in [5.41, 5.74) is 2.22. The van der Waals surface area contributed by atoms with Crippen molar-refractivity contribution in [1.29, 1.82) is 0 Å². The van der Waals surface area contributed by atoms with E-state index < -0.39 is 16.3 Å². The van der Waals surface area contributed by atoms with Gasteiger partial charge in [0, 0.05) is 17.5 Å². The highest BCUT2D eigenvalue weighted by atomic mass is 32.2. The molecule has 0 bridgehead atoms. The van der Waals surface area contributed by atoms with E-state index in [0.29, 0.717) is 22.0 Å². The number of anilines is 2. The van der Waals surface area contributed by atoms with Gasteiger partial charge in [0.1, 0.15) is 10.7 Å². The molecule has 0 fully saturated rings. The van der Waals surface area contributed by atoms with Gasteiger partial charge in [-0.05, 0) is 49.9 Å². The first-order valence-electron chi connectivity index (χ1n) is 10.2. The third-order valence-electron chi connectivity index (χ3n) is 5.00. The number of methoxy groups -OCH3 is 2. The molecule has 0 saturated heterocycles. The zero-order valence-corrected chi connectivity index (χ0v) is 20.2. The van der Waals surface area contributed by atoms with Gasteiger partial charge in [-0.25, -0.2) is 14.6 Å². The summed E-state index contributed by atoms with van der Waals surface area (Å²) in [5, 5.41) is 6.57. The van der Waals surface area contributed by atoms with Crippen LogP contribution in [0, 0.1) is 0 Å². The highest BCUT2D eigenvalue weighted by molar-refractivity contribution is 8.29. The monoisotopic (exact) mass is 485 g/mol. The number of nitrogens with zero attached hydrogens (tertiary/aromatic N) is 3. The van der Waals surface area contributed by atoms with Crippen molar-refractivity contribution < 1.29 is 23.8 Å². The van der Waals surface area contributed by atoms with Gasteiger partial charge in [-0.1, -0.05) is 36.0 Å². The van der Waals surface area contributed by atoms with Gasteiger partial charge in [-0.2, -0.15) is 5.10 Å². The normalized spacial score (nSPS) is 19.7. The Labute approximate surface area is 200 Å². The fourth-order valence-electron chi connectivity index (χ4n) is 3.57. The highest BCUT2D eigenvalue weighted by Crippen LogP contribution is 2.60. The quantitative estimate of drug-likeness (QED) is 0.553. The van der Waals surface area contributed by atoms with Crippen LogP contribution in [0.5, 0.6) is 5.75 Å². The molecule has 2 aromatic rings. The molecular formula is C23H23N3O5S2. The number of para-hydroxylation sites is 1. The molecule has 0 radical (unpaired) electrons. The largest absolute Gasteiger partial charge is 0.497 e. The fraction of sp³-hybridized carbons (Fsp3) is 0.261. The number of ether oxygens (including phenoxy) is 3. The van der Waals surface area contributed by atoms with Gasteiger partial charge < -0.3 is 19.1 Å². The lowest BCUT2D eigenvalue weighted by Crippen LogP contribution is -2.49. The molecule has 8 nitrogen and oxygen atoms in total. The van der Waals surface area contributed by atoms with E-state index in [1.54, 1.807) is 19.0 Å². The molecule has 0 N–H and O–H groups in total. The van der Waals surface area contributed by atoms with Gasteiger partial charge in [-0.15, -0.1) is 0 Å². The number of rotatable bonds is 6. The summed E-state index contributed by atoms with van der Waals surface area (Å²) in [5.74, 6) is -0.337. The average Bonchev–Trinajstić information content (AvgIpc) is 3.37. The number of esters is 2. The van der Waals surface area contributed by atoms with E-state index in [0.717, 1.165) is 5.69 Å². The Morgan fingerprint density at radius 3 is 2.39 bits per heavy atom. The Morgan fingerprint density at radius 1 is 1.00 bits per heavy atom. The van der Waals surface area contributed by atoms with Crippen molar-refractivity contribution in [3.05, 3.63) is 65.2 Å². The number of benzene rings is 2. The Hall–Kier alpha value is -3.11. The van der Waals surface area contributed by atoms with Crippen molar-refractivity contribution in [2.75, 3.05) is 30.7 Å². The molecule has 0 saturated carbocycles. The van der Waals surface area contributed by atoms with Crippen LogP contribution < -0.4 is 14.6 Å². The predicted molar refractivity (Wildman–Crippen MR) is 131 cm³/mol. The van der Waals surface area contributed by atoms with Crippen LogP contribution in [-0.4, -0.2) is 42.1 Å². The Balaban J connectivity index is 1.90. The van der Waals surface area contributed by atoms with Crippen LogP contribution in [0.2, 0.25) is 0 Å².